The number of hydrogen-bond donors (Lipinski definition) is 0. The van der Waals surface area contributed by atoms with Crippen LogP contribution in [0.3, 0.4) is 0 Å². The van der Waals surface area contributed by atoms with Crippen LogP contribution < -0.4 is 0 Å². The van der Waals surface area contributed by atoms with Gasteiger partial charge in [0.1, 0.15) is 11.9 Å². The lowest BCUT2D eigenvalue weighted by atomic mass is 10.2. The number of hydrogen-bond acceptors (Lipinski definition) is 4. The molecule has 0 saturated carbocycles. The van der Waals surface area contributed by atoms with Crippen molar-refractivity contribution in [2.24, 2.45) is 0 Å². The van der Waals surface area contributed by atoms with Crippen LogP contribution in [0, 0.1) is 17.1 Å². The first-order chi connectivity index (χ1) is 9.90. The molecule has 1 fully saturated rings. The van der Waals surface area contributed by atoms with Crippen molar-refractivity contribution in [2.75, 3.05) is 26.2 Å². The molecule has 1 aliphatic rings. The van der Waals surface area contributed by atoms with Crippen LogP contribution in [0.2, 0.25) is 0 Å². The second kappa shape index (κ2) is 6.10. The molecule has 2 rings (SSSR count). The zero-order chi connectivity index (χ0) is 15.6. The van der Waals surface area contributed by atoms with E-state index in [1.807, 2.05) is 13.8 Å². The van der Waals surface area contributed by atoms with Crippen molar-refractivity contribution in [3.05, 3.63) is 29.6 Å². The summed E-state index contributed by atoms with van der Waals surface area (Å²) in [6, 6.07) is 5.14. The third-order valence-corrected chi connectivity index (χ3v) is 5.69. The number of likely N-dealkylation sites (N-methyl/N-ethyl adjacent to an activating group) is 1. The Labute approximate surface area is 124 Å². The third kappa shape index (κ3) is 3.07. The van der Waals surface area contributed by atoms with Gasteiger partial charge in [-0.2, -0.15) is 9.57 Å². The van der Waals surface area contributed by atoms with E-state index in [-0.39, 0.29) is 16.5 Å². The van der Waals surface area contributed by atoms with Crippen molar-refractivity contribution < 1.29 is 12.8 Å². The Morgan fingerprint density at radius 1 is 1.43 bits per heavy atom. The van der Waals surface area contributed by atoms with E-state index in [4.69, 9.17) is 5.26 Å². The van der Waals surface area contributed by atoms with Crippen LogP contribution >= 0.6 is 0 Å². The molecule has 1 aromatic carbocycles. The molecule has 0 spiro atoms. The van der Waals surface area contributed by atoms with Crippen molar-refractivity contribution in [1.29, 1.82) is 5.26 Å². The van der Waals surface area contributed by atoms with E-state index in [9.17, 15) is 12.8 Å². The van der Waals surface area contributed by atoms with Gasteiger partial charge in [0.25, 0.3) is 0 Å². The van der Waals surface area contributed by atoms with Crippen LogP contribution in [0.15, 0.2) is 23.1 Å². The van der Waals surface area contributed by atoms with Gasteiger partial charge in [0.05, 0.1) is 10.5 Å². The lowest BCUT2D eigenvalue weighted by Crippen LogP contribution is -2.53. The summed E-state index contributed by atoms with van der Waals surface area (Å²) in [5.74, 6) is -0.708. The van der Waals surface area contributed by atoms with Gasteiger partial charge in [-0.25, -0.2) is 12.8 Å². The standard InChI is InChI=1S/C14H18FN3O2S/c1-3-17-6-7-18(10-11(17)2)21(19,20)13-4-5-14(15)12(8-13)9-16/h4-5,8,11H,3,6-7,10H2,1-2H3. The Morgan fingerprint density at radius 3 is 2.71 bits per heavy atom. The Bertz CT molecular complexity index is 669. The molecule has 0 bridgehead atoms. The molecule has 0 aliphatic carbocycles. The highest BCUT2D eigenvalue weighted by molar-refractivity contribution is 7.89. The smallest absolute Gasteiger partial charge is 0.243 e. The maximum absolute atomic E-state index is 13.3. The van der Waals surface area contributed by atoms with Gasteiger partial charge in [-0.1, -0.05) is 6.92 Å². The van der Waals surface area contributed by atoms with Gasteiger partial charge in [0, 0.05) is 25.7 Å². The largest absolute Gasteiger partial charge is 0.298 e. The summed E-state index contributed by atoms with van der Waals surface area (Å²) in [4.78, 5) is 2.18. The van der Waals surface area contributed by atoms with E-state index in [1.165, 1.54) is 10.4 Å². The molecule has 5 nitrogen and oxygen atoms in total. The summed E-state index contributed by atoms with van der Waals surface area (Å²) in [5, 5.41) is 8.82. The maximum Gasteiger partial charge on any atom is 0.243 e. The number of nitriles is 1. The van der Waals surface area contributed by atoms with Crippen molar-refractivity contribution in [2.45, 2.75) is 24.8 Å². The second-order valence-corrected chi connectivity index (χ2v) is 7.03. The number of rotatable bonds is 3. The molecule has 1 aromatic rings. The SMILES string of the molecule is CCN1CCN(S(=O)(=O)c2ccc(F)c(C#N)c2)CC1C. The van der Waals surface area contributed by atoms with Crippen LogP contribution in [0.25, 0.3) is 0 Å². The fraction of sp³-hybridized carbons (Fsp3) is 0.500. The molecule has 0 N–H and O–H groups in total. The van der Waals surface area contributed by atoms with Crippen LogP contribution in [0.4, 0.5) is 4.39 Å². The molecule has 7 heteroatoms. The lowest BCUT2D eigenvalue weighted by molar-refractivity contribution is 0.135. The molecular weight excluding hydrogens is 293 g/mol. The lowest BCUT2D eigenvalue weighted by Gasteiger charge is -2.38. The number of benzene rings is 1. The molecule has 1 atom stereocenters. The molecular formula is C14H18FN3O2S. The minimum Gasteiger partial charge on any atom is -0.298 e. The molecule has 0 amide bonds. The van der Waals surface area contributed by atoms with E-state index in [0.29, 0.717) is 19.6 Å². The van der Waals surface area contributed by atoms with Gasteiger partial charge < -0.3 is 0 Å². The molecule has 1 aliphatic heterocycles. The van der Waals surface area contributed by atoms with Crippen LogP contribution in [0.5, 0.6) is 0 Å². The fourth-order valence-electron chi connectivity index (χ4n) is 2.55. The van der Waals surface area contributed by atoms with Crippen molar-refractivity contribution in [3.8, 4) is 6.07 Å². The summed E-state index contributed by atoms with van der Waals surface area (Å²) < 4.78 is 39.9. The van der Waals surface area contributed by atoms with Crippen molar-refractivity contribution in [1.82, 2.24) is 9.21 Å². The Balaban J connectivity index is 2.29. The number of nitrogens with zero attached hydrogens (tertiary/aromatic N) is 3. The molecule has 21 heavy (non-hydrogen) atoms. The quantitative estimate of drug-likeness (QED) is 0.847. The number of sulfonamides is 1. The molecule has 1 unspecified atom stereocenters. The van der Waals surface area contributed by atoms with E-state index in [1.54, 1.807) is 6.07 Å². The summed E-state index contributed by atoms with van der Waals surface area (Å²) in [7, 11) is -3.69. The Kier molecular flexibility index (Phi) is 4.61. The van der Waals surface area contributed by atoms with E-state index >= 15 is 0 Å². The highest BCUT2D eigenvalue weighted by Gasteiger charge is 2.31. The van der Waals surface area contributed by atoms with Gasteiger partial charge in [-0.15, -0.1) is 0 Å². The van der Waals surface area contributed by atoms with Gasteiger partial charge in [-0.3, -0.25) is 4.90 Å². The highest BCUT2D eigenvalue weighted by atomic mass is 32.2. The molecule has 0 aromatic heterocycles. The molecule has 1 heterocycles. The van der Waals surface area contributed by atoms with Gasteiger partial charge in [-0.05, 0) is 31.7 Å². The maximum atomic E-state index is 13.3. The summed E-state index contributed by atoms with van der Waals surface area (Å²) in [6.45, 7) is 6.37. The Hall–Kier alpha value is -1.49. The monoisotopic (exact) mass is 311 g/mol. The first-order valence-electron chi connectivity index (χ1n) is 6.84. The zero-order valence-electron chi connectivity index (χ0n) is 12.1. The van der Waals surface area contributed by atoms with Crippen molar-refractivity contribution >= 4 is 10.0 Å². The van der Waals surface area contributed by atoms with Gasteiger partial charge in [0.15, 0.2) is 0 Å². The average Bonchev–Trinajstić information content (AvgIpc) is 2.47. The van der Waals surface area contributed by atoms with Crippen molar-refractivity contribution in [3.63, 3.8) is 0 Å². The van der Waals surface area contributed by atoms with E-state index < -0.39 is 15.8 Å². The molecule has 0 radical (unpaired) electrons. The summed E-state index contributed by atoms with van der Waals surface area (Å²) >= 11 is 0. The average molecular weight is 311 g/mol. The van der Waals surface area contributed by atoms with Gasteiger partial charge >= 0.3 is 0 Å². The van der Waals surface area contributed by atoms with Crippen LogP contribution in [-0.2, 0) is 10.0 Å². The molecule has 1 saturated heterocycles. The summed E-state index contributed by atoms with van der Waals surface area (Å²) in [5.41, 5.74) is -0.253. The first-order valence-corrected chi connectivity index (χ1v) is 8.28. The van der Waals surface area contributed by atoms with E-state index in [2.05, 4.69) is 4.90 Å². The molecule has 114 valence electrons. The second-order valence-electron chi connectivity index (χ2n) is 5.09. The number of piperazine rings is 1. The third-order valence-electron chi connectivity index (χ3n) is 3.83. The van der Waals surface area contributed by atoms with Gasteiger partial charge in [0.2, 0.25) is 10.0 Å². The predicted octanol–water partition coefficient (Wildman–Crippen LogP) is 1.41. The van der Waals surface area contributed by atoms with Crippen LogP contribution in [0.1, 0.15) is 19.4 Å². The highest BCUT2D eigenvalue weighted by Crippen LogP contribution is 2.21. The fourth-order valence-corrected chi connectivity index (χ4v) is 4.09. The first kappa shape index (κ1) is 15.9. The minimum atomic E-state index is -3.69. The normalized spacial score (nSPS) is 21.1. The number of halogens is 1. The van der Waals surface area contributed by atoms with Crippen LogP contribution in [-0.4, -0.2) is 49.8 Å². The minimum absolute atomic E-state index is 0.0300. The topological polar surface area (TPSA) is 64.4 Å². The summed E-state index contributed by atoms with van der Waals surface area (Å²) in [6.07, 6.45) is 0. The van der Waals surface area contributed by atoms with E-state index in [0.717, 1.165) is 18.7 Å². The Morgan fingerprint density at radius 2 is 2.14 bits per heavy atom. The zero-order valence-corrected chi connectivity index (χ0v) is 12.9. The predicted molar refractivity (Wildman–Crippen MR) is 76.6 cm³/mol.